The molecule has 2 saturated heterocycles. The van der Waals surface area contributed by atoms with Crippen LogP contribution in [0.2, 0.25) is 0 Å². The molecule has 1 saturated carbocycles. The zero-order chi connectivity index (χ0) is 14.9. The van der Waals surface area contributed by atoms with Crippen LogP contribution in [0.1, 0.15) is 32.1 Å². The zero-order valence-corrected chi connectivity index (χ0v) is 13.3. The van der Waals surface area contributed by atoms with E-state index in [2.05, 4.69) is 0 Å². The summed E-state index contributed by atoms with van der Waals surface area (Å²) in [7, 11) is 3.64. The Bertz CT molecular complexity index is 384. The molecule has 0 unspecified atom stereocenters. The van der Waals surface area contributed by atoms with Crippen LogP contribution in [0.3, 0.4) is 0 Å². The Morgan fingerprint density at radius 3 is 2.90 bits per heavy atom. The van der Waals surface area contributed by atoms with Crippen molar-refractivity contribution in [2.75, 3.05) is 47.0 Å². The van der Waals surface area contributed by atoms with Gasteiger partial charge >= 0.3 is 6.03 Å². The first-order chi connectivity index (χ1) is 10.1. The van der Waals surface area contributed by atoms with E-state index in [9.17, 15) is 4.79 Å². The molecule has 3 rings (SSSR count). The number of ether oxygens (including phenoxy) is 2. The minimum absolute atomic E-state index is 0.0110. The van der Waals surface area contributed by atoms with Gasteiger partial charge in [0.2, 0.25) is 0 Å². The Hall–Kier alpha value is -0.810. The van der Waals surface area contributed by atoms with E-state index in [-0.39, 0.29) is 17.6 Å². The molecule has 2 atom stereocenters. The van der Waals surface area contributed by atoms with E-state index in [1.165, 1.54) is 12.8 Å². The minimum atomic E-state index is 0.0110. The monoisotopic (exact) mass is 296 g/mol. The number of nitrogens with zero attached hydrogens (tertiary/aromatic N) is 2. The highest BCUT2D eigenvalue weighted by Crippen LogP contribution is 2.41. The fourth-order valence-corrected chi connectivity index (χ4v) is 3.66. The number of likely N-dealkylation sites (tertiary alicyclic amines) is 1. The Morgan fingerprint density at radius 2 is 2.19 bits per heavy atom. The maximum Gasteiger partial charge on any atom is 0.319 e. The molecule has 1 aliphatic carbocycles. The number of piperidine rings is 1. The van der Waals surface area contributed by atoms with Gasteiger partial charge in [-0.1, -0.05) is 0 Å². The van der Waals surface area contributed by atoms with Crippen molar-refractivity contribution in [3.8, 4) is 0 Å². The quantitative estimate of drug-likeness (QED) is 0.796. The highest BCUT2D eigenvalue weighted by molar-refractivity contribution is 5.74. The number of carbonyl (C=O) groups excluding carboxylic acids is 1. The molecule has 120 valence electrons. The smallest absolute Gasteiger partial charge is 0.319 e. The van der Waals surface area contributed by atoms with Crippen LogP contribution in [-0.2, 0) is 9.47 Å². The number of hydrogen-bond acceptors (Lipinski definition) is 3. The zero-order valence-electron chi connectivity index (χ0n) is 13.3. The predicted molar refractivity (Wildman–Crippen MR) is 80.2 cm³/mol. The maximum absolute atomic E-state index is 12.3. The van der Waals surface area contributed by atoms with E-state index in [1.807, 2.05) is 19.0 Å². The Kier molecular flexibility index (Phi) is 4.41. The molecular formula is C16H28N2O3. The molecule has 2 heterocycles. The Morgan fingerprint density at radius 1 is 1.38 bits per heavy atom. The number of urea groups is 1. The molecule has 2 amide bonds. The second kappa shape index (κ2) is 6.13. The normalized spacial score (nSPS) is 32.7. The van der Waals surface area contributed by atoms with E-state index in [0.717, 1.165) is 58.1 Å². The van der Waals surface area contributed by atoms with Gasteiger partial charge in [0.25, 0.3) is 0 Å². The second-order valence-corrected chi connectivity index (χ2v) is 7.17. The lowest BCUT2D eigenvalue weighted by atomic mass is 9.73. The van der Waals surface area contributed by atoms with Crippen molar-refractivity contribution in [3.63, 3.8) is 0 Å². The van der Waals surface area contributed by atoms with Crippen molar-refractivity contribution in [1.29, 1.82) is 0 Å². The van der Waals surface area contributed by atoms with Gasteiger partial charge in [0.15, 0.2) is 0 Å². The summed E-state index contributed by atoms with van der Waals surface area (Å²) >= 11 is 0. The van der Waals surface area contributed by atoms with Gasteiger partial charge in [-0.15, -0.1) is 0 Å². The summed E-state index contributed by atoms with van der Waals surface area (Å²) in [5.41, 5.74) is 0.0110. The van der Waals surface area contributed by atoms with Crippen molar-refractivity contribution in [1.82, 2.24) is 9.80 Å². The molecule has 2 aliphatic heterocycles. The molecule has 3 fully saturated rings. The average Bonchev–Trinajstić information content (AvgIpc) is 3.30. The van der Waals surface area contributed by atoms with E-state index in [1.54, 1.807) is 4.90 Å². The maximum atomic E-state index is 12.3. The minimum Gasteiger partial charge on any atom is -0.380 e. The van der Waals surface area contributed by atoms with E-state index in [0.29, 0.717) is 0 Å². The van der Waals surface area contributed by atoms with Crippen molar-refractivity contribution in [2.24, 2.45) is 11.3 Å². The third-order valence-electron chi connectivity index (χ3n) is 5.08. The first-order valence-electron chi connectivity index (χ1n) is 8.26. The van der Waals surface area contributed by atoms with E-state index < -0.39 is 0 Å². The Balaban J connectivity index is 1.65. The fraction of sp³-hybridized carbons (Fsp3) is 0.938. The Labute approximate surface area is 127 Å². The lowest BCUT2D eigenvalue weighted by molar-refractivity contribution is -0.147. The third kappa shape index (κ3) is 3.34. The van der Waals surface area contributed by atoms with Crippen LogP contribution >= 0.6 is 0 Å². The van der Waals surface area contributed by atoms with Gasteiger partial charge in [-0.25, -0.2) is 4.79 Å². The van der Waals surface area contributed by atoms with Crippen LogP contribution in [0.15, 0.2) is 0 Å². The van der Waals surface area contributed by atoms with E-state index >= 15 is 0 Å². The molecule has 5 heteroatoms. The van der Waals surface area contributed by atoms with Gasteiger partial charge < -0.3 is 19.3 Å². The van der Waals surface area contributed by atoms with E-state index in [4.69, 9.17) is 9.47 Å². The van der Waals surface area contributed by atoms with Crippen molar-refractivity contribution in [2.45, 2.75) is 38.2 Å². The summed E-state index contributed by atoms with van der Waals surface area (Å²) < 4.78 is 12.0. The van der Waals surface area contributed by atoms with Crippen LogP contribution in [0, 0.1) is 11.3 Å². The van der Waals surface area contributed by atoms with Crippen LogP contribution in [0.25, 0.3) is 0 Å². The molecule has 0 spiro atoms. The van der Waals surface area contributed by atoms with Gasteiger partial charge in [0.1, 0.15) is 0 Å². The van der Waals surface area contributed by atoms with Crippen LogP contribution in [0.4, 0.5) is 4.79 Å². The number of rotatable bonds is 4. The van der Waals surface area contributed by atoms with Crippen molar-refractivity contribution >= 4 is 6.03 Å². The van der Waals surface area contributed by atoms with Gasteiger partial charge in [-0.05, 0) is 38.0 Å². The molecule has 0 radical (unpaired) electrons. The average molecular weight is 296 g/mol. The second-order valence-electron chi connectivity index (χ2n) is 7.17. The third-order valence-corrected chi connectivity index (χ3v) is 5.08. The van der Waals surface area contributed by atoms with Gasteiger partial charge in [-0.2, -0.15) is 0 Å². The highest BCUT2D eigenvalue weighted by Gasteiger charge is 2.47. The molecule has 0 aromatic rings. The molecule has 0 bridgehead atoms. The first-order valence-corrected chi connectivity index (χ1v) is 8.26. The van der Waals surface area contributed by atoms with Crippen molar-refractivity contribution in [3.05, 3.63) is 0 Å². The molecule has 5 nitrogen and oxygen atoms in total. The molecule has 0 N–H and O–H groups in total. The predicted octanol–water partition coefficient (Wildman–Crippen LogP) is 1.97. The summed E-state index contributed by atoms with van der Waals surface area (Å²) in [6.45, 7) is 4.06. The topological polar surface area (TPSA) is 42.0 Å². The van der Waals surface area contributed by atoms with Gasteiger partial charge in [0, 0.05) is 45.8 Å². The fourth-order valence-electron chi connectivity index (χ4n) is 3.66. The lowest BCUT2D eigenvalue weighted by Gasteiger charge is -2.50. The lowest BCUT2D eigenvalue weighted by Crippen LogP contribution is -2.59. The largest absolute Gasteiger partial charge is 0.380 e. The first kappa shape index (κ1) is 15.1. The standard InChI is InChI=1S/C16H28N2O3/c1-17(2)15(19)18-8-6-14-16(11-18,7-3-9-21-14)12-20-10-13-4-5-13/h13-14H,3-12H2,1-2H3/t14-,16-/m0/s1. The molecule has 3 aliphatic rings. The molecule has 0 aromatic heterocycles. The van der Waals surface area contributed by atoms with Crippen LogP contribution in [-0.4, -0.2) is 68.9 Å². The number of hydrogen-bond donors (Lipinski definition) is 0. The SMILES string of the molecule is CN(C)C(=O)N1CC[C@@H]2OCCC[C@@]2(COCC2CC2)C1. The summed E-state index contributed by atoms with van der Waals surface area (Å²) in [5, 5.41) is 0. The summed E-state index contributed by atoms with van der Waals surface area (Å²) in [4.78, 5) is 15.9. The molecule has 21 heavy (non-hydrogen) atoms. The van der Waals surface area contributed by atoms with Crippen LogP contribution in [0.5, 0.6) is 0 Å². The summed E-state index contributed by atoms with van der Waals surface area (Å²) in [6, 6.07) is 0.112. The van der Waals surface area contributed by atoms with Gasteiger partial charge in [0.05, 0.1) is 12.7 Å². The molecule has 0 aromatic carbocycles. The molecular weight excluding hydrogens is 268 g/mol. The number of amides is 2. The number of carbonyl (C=O) groups is 1. The van der Waals surface area contributed by atoms with Gasteiger partial charge in [-0.3, -0.25) is 0 Å². The van der Waals surface area contributed by atoms with Crippen LogP contribution < -0.4 is 0 Å². The summed E-state index contributed by atoms with van der Waals surface area (Å²) in [5.74, 6) is 0.785. The highest BCUT2D eigenvalue weighted by atomic mass is 16.5. The summed E-state index contributed by atoms with van der Waals surface area (Å²) in [6.07, 6.45) is 6.02. The van der Waals surface area contributed by atoms with Crippen molar-refractivity contribution < 1.29 is 14.3 Å². The number of fused-ring (bicyclic) bond motifs is 1.